The van der Waals surface area contributed by atoms with Gasteiger partial charge in [-0.25, -0.2) is 18.1 Å². The van der Waals surface area contributed by atoms with Crippen LogP contribution in [0.3, 0.4) is 0 Å². The highest BCUT2D eigenvalue weighted by Gasteiger charge is 2.08. The number of rotatable bonds is 10. The molecule has 0 heterocycles. The molecule has 158 valence electrons. The molecule has 6 nitrogen and oxygen atoms in total. The van der Waals surface area contributed by atoms with Gasteiger partial charge in [-0.15, -0.1) is 11.8 Å². The fourth-order valence-corrected chi connectivity index (χ4v) is 4.28. The third-order valence-electron chi connectivity index (χ3n) is 4.09. The Morgan fingerprint density at radius 1 is 1.03 bits per heavy atom. The van der Waals surface area contributed by atoms with Crippen molar-refractivity contribution < 1.29 is 8.42 Å². The van der Waals surface area contributed by atoms with E-state index < -0.39 is 10.0 Å². The SMILES string of the molecule is CCNC(=NCc1ccc(CS(=O)(=O)NC)cc1)NCC(C)Sc1ccccc1. The fourth-order valence-electron chi connectivity index (χ4n) is 2.56. The number of thioether (sulfide) groups is 1. The lowest BCUT2D eigenvalue weighted by Gasteiger charge is -2.15. The molecule has 0 saturated carbocycles. The van der Waals surface area contributed by atoms with Gasteiger partial charge >= 0.3 is 0 Å². The van der Waals surface area contributed by atoms with Crippen molar-refractivity contribution in [3.8, 4) is 0 Å². The van der Waals surface area contributed by atoms with Gasteiger partial charge in [0.1, 0.15) is 0 Å². The van der Waals surface area contributed by atoms with Crippen molar-refractivity contribution in [2.45, 2.75) is 36.3 Å². The van der Waals surface area contributed by atoms with E-state index in [0.717, 1.165) is 30.2 Å². The van der Waals surface area contributed by atoms with Crippen LogP contribution < -0.4 is 15.4 Å². The summed E-state index contributed by atoms with van der Waals surface area (Å²) in [5.74, 6) is 0.753. The van der Waals surface area contributed by atoms with Crippen LogP contribution in [0.15, 0.2) is 64.5 Å². The van der Waals surface area contributed by atoms with E-state index in [4.69, 9.17) is 0 Å². The van der Waals surface area contributed by atoms with Crippen molar-refractivity contribution in [3.63, 3.8) is 0 Å². The van der Waals surface area contributed by atoms with E-state index in [0.29, 0.717) is 11.8 Å². The maximum Gasteiger partial charge on any atom is 0.215 e. The maximum atomic E-state index is 11.6. The summed E-state index contributed by atoms with van der Waals surface area (Å²) in [5, 5.41) is 7.05. The minimum atomic E-state index is -3.26. The number of aliphatic imine (C=N–C) groups is 1. The van der Waals surface area contributed by atoms with Gasteiger partial charge in [-0.05, 0) is 37.2 Å². The average molecular weight is 435 g/mol. The van der Waals surface area contributed by atoms with Gasteiger partial charge in [0.25, 0.3) is 0 Å². The van der Waals surface area contributed by atoms with Crippen LogP contribution in [0.25, 0.3) is 0 Å². The third kappa shape index (κ3) is 8.89. The molecule has 1 unspecified atom stereocenters. The van der Waals surface area contributed by atoms with Crippen molar-refractivity contribution in [1.82, 2.24) is 15.4 Å². The molecule has 2 aromatic rings. The molecule has 0 saturated heterocycles. The van der Waals surface area contributed by atoms with Crippen molar-refractivity contribution >= 4 is 27.7 Å². The summed E-state index contributed by atoms with van der Waals surface area (Å²) < 4.78 is 25.6. The highest BCUT2D eigenvalue weighted by molar-refractivity contribution is 8.00. The Balaban J connectivity index is 1.89. The summed E-state index contributed by atoms with van der Waals surface area (Å²) in [7, 11) is -1.83. The second-order valence-corrected chi connectivity index (χ2v) is 10.0. The standard InChI is InChI=1S/C21H30N4O2S2/c1-4-23-21(24-14-17(2)28-20-8-6-5-7-9-20)25-15-18-10-12-19(13-11-18)16-29(26,27)22-3/h5-13,17,22H,4,14-16H2,1-3H3,(H2,23,24,25). The van der Waals surface area contributed by atoms with Crippen LogP contribution in [-0.4, -0.2) is 39.8 Å². The quantitative estimate of drug-likeness (QED) is 0.304. The Morgan fingerprint density at radius 2 is 1.69 bits per heavy atom. The van der Waals surface area contributed by atoms with Crippen LogP contribution in [0.2, 0.25) is 0 Å². The second-order valence-electron chi connectivity index (χ2n) is 6.60. The molecule has 0 bridgehead atoms. The number of sulfonamides is 1. The van der Waals surface area contributed by atoms with E-state index in [2.05, 4.69) is 39.4 Å². The monoisotopic (exact) mass is 434 g/mol. The van der Waals surface area contributed by atoms with Gasteiger partial charge in [0.2, 0.25) is 10.0 Å². The summed E-state index contributed by atoms with van der Waals surface area (Å²) in [6.45, 7) is 6.33. The van der Waals surface area contributed by atoms with Crippen LogP contribution in [0.4, 0.5) is 0 Å². The lowest BCUT2D eigenvalue weighted by molar-refractivity contribution is 0.587. The van der Waals surface area contributed by atoms with Gasteiger partial charge in [0.15, 0.2) is 5.96 Å². The first-order valence-corrected chi connectivity index (χ1v) is 12.2. The first-order chi connectivity index (χ1) is 13.9. The lowest BCUT2D eigenvalue weighted by Crippen LogP contribution is -2.40. The zero-order chi connectivity index (χ0) is 21.1. The van der Waals surface area contributed by atoms with E-state index in [9.17, 15) is 8.42 Å². The highest BCUT2D eigenvalue weighted by atomic mass is 32.2. The zero-order valence-electron chi connectivity index (χ0n) is 17.2. The zero-order valence-corrected chi connectivity index (χ0v) is 18.8. The first-order valence-electron chi connectivity index (χ1n) is 9.64. The molecular formula is C21H30N4O2S2. The van der Waals surface area contributed by atoms with Crippen molar-refractivity contribution in [2.75, 3.05) is 20.1 Å². The van der Waals surface area contributed by atoms with Crippen LogP contribution in [-0.2, 0) is 22.3 Å². The topological polar surface area (TPSA) is 82.6 Å². The van der Waals surface area contributed by atoms with Gasteiger partial charge in [0.05, 0.1) is 12.3 Å². The normalized spacial score (nSPS) is 13.1. The summed E-state index contributed by atoms with van der Waals surface area (Å²) >= 11 is 1.83. The number of hydrogen-bond donors (Lipinski definition) is 3. The molecule has 0 aliphatic rings. The van der Waals surface area contributed by atoms with Crippen molar-refractivity contribution in [3.05, 3.63) is 65.7 Å². The molecule has 2 aromatic carbocycles. The molecule has 1 atom stereocenters. The first kappa shape index (κ1) is 23.3. The largest absolute Gasteiger partial charge is 0.357 e. The molecule has 0 radical (unpaired) electrons. The van der Waals surface area contributed by atoms with Gasteiger partial charge in [-0.2, -0.15) is 0 Å². The highest BCUT2D eigenvalue weighted by Crippen LogP contribution is 2.21. The van der Waals surface area contributed by atoms with Gasteiger partial charge in [-0.1, -0.05) is 49.4 Å². The van der Waals surface area contributed by atoms with E-state index in [1.165, 1.54) is 11.9 Å². The molecule has 2 rings (SSSR count). The fraction of sp³-hybridized carbons (Fsp3) is 0.381. The smallest absolute Gasteiger partial charge is 0.215 e. The number of hydrogen-bond acceptors (Lipinski definition) is 4. The van der Waals surface area contributed by atoms with Crippen molar-refractivity contribution in [1.29, 1.82) is 0 Å². The number of nitrogens with zero attached hydrogens (tertiary/aromatic N) is 1. The second kappa shape index (κ2) is 11.8. The molecule has 0 aliphatic heterocycles. The Morgan fingerprint density at radius 3 is 2.31 bits per heavy atom. The molecule has 0 spiro atoms. The Hall–Kier alpha value is -2.03. The van der Waals surface area contributed by atoms with Crippen molar-refractivity contribution in [2.24, 2.45) is 4.99 Å². The Bertz CT molecular complexity index is 869. The third-order valence-corrected chi connectivity index (χ3v) is 6.54. The Labute approximate surface area is 178 Å². The molecule has 0 aliphatic carbocycles. The van der Waals surface area contributed by atoms with Crippen LogP contribution >= 0.6 is 11.8 Å². The van der Waals surface area contributed by atoms with Crippen LogP contribution in [0.1, 0.15) is 25.0 Å². The molecule has 0 amide bonds. The minimum Gasteiger partial charge on any atom is -0.357 e. The van der Waals surface area contributed by atoms with E-state index in [1.807, 2.05) is 61.2 Å². The number of nitrogens with one attached hydrogen (secondary N) is 3. The lowest BCUT2D eigenvalue weighted by atomic mass is 10.1. The van der Waals surface area contributed by atoms with E-state index in [-0.39, 0.29) is 5.75 Å². The molecule has 29 heavy (non-hydrogen) atoms. The minimum absolute atomic E-state index is 0.0196. The Kier molecular flexibility index (Phi) is 9.50. The summed E-state index contributed by atoms with van der Waals surface area (Å²) in [4.78, 5) is 5.89. The van der Waals surface area contributed by atoms with Gasteiger partial charge < -0.3 is 10.6 Å². The summed E-state index contributed by atoms with van der Waals surface area (Å²) in [6, 6.07) is 17.9. The average Bonchev–Trinajstić information content (AvgIpc) is 2.71. The van der Waals surface area contributed by atoms with Gasteiger partial charge in [0, 0.05) is 23.2 Å². The van der Waals surface area contributed by atoms with Crippen LogP contribution in [0, 0.1) is 0 Å². The predicted octanol–water partition coefficient (Wildman–Crippen LogP) is 2.97. The summed E-state index contributed by atoms with van der Waals surface area (Å²) in [5.41, 5.74) is 1.78. The molecule has 0 fully saturated rings. The van der Waals surface area contributed by atoms with Crippen LogP contribution in [0.5, 0.6) is 0 Å². The molecule has 3 N–H and O–H groups in total. The summed E-state index contributed by atoms with van der Waals surface area (Å²) in [6.07, 6.45) is 0. The molecule has 0 aromatic heterocycles. The molecular weight excluding hydrogens is 404 g/mol. The van der Waals surface area contributed by atoms with Gasteiger partial charge in [-0.3, -0.25) is 0 Å². The number of benzene rings is 2. The maximum absolute atomic E-state index is 11.6. The van der Waals surface area contributed by atoms with E-state index in [1.54, 1.807) is 0 Å². The molecule has 8 heteroatoms. The number of guanidine groups is 1. The van der Waals surface area contributed by atoms with E-state index >= 15 is 0 Å². The predicted molar refractivity (Wildman–Crippen MR) is 123 cm³/mol.